The number of aryl methyl sites for hydroxylation is 1. The number of aliphatic carboxylic acids is 1. The van der Waals surface area contributed by atoms with Crippen molar-refractivity contribution in [2.75, 3.05) is 18.5 Å². The molecule has 3 heterocycles. The van der Waals surface area contributed by atoms with Crippen molar-refractivity contribution in [2.45, 2.75) is 63.1 Å². The quantitative estimate of drug-likeness (QED) is 0.0814. The molecule has 0 bridgehead atoms. The van der Waals surface area contributed by atoms with Gasteiger partial charge in [0.1, 0.15) is 31.0 Å². The van der Waals surface area contributed by atoms with Crippen LogP contribution in [0.4, 0.5) is 9.93 Å². The largest absolute Gasteiger partial charge is 0.489 e. The van der Waals surface area contributed by atoms with Crippen LogP contribution in [0.25, 0.3) is 11.1 Å². The number of nitriles is 1. The molecule has 2 aliphatic heterocycles. The number of ether oxygens (including phenoxy) is 3. The molecular weight excluding hydrogens is 940 g/mol. The van der Waals surface area contributed by atoms with Crippen LogP contribution in [0.2, 0.25) is 10.0 Å². The minimum absolute atomic E-state index is 0.0355. The number of carbonyl (C=O) groups is 3. The van der Waals surface area contributed by atoms with Crippen molar-refractivity contribution in [1.82, 2.24) is 19.9 Å². The van der Waals surface area contributed by atoms with E-state index in [1.807, 2.05) is 54.6 Å². The summed E-state index contributed by atoms with van der Waals surface area (Å²) in [5, 5.41) is 27.8. The van der Waals surface area contributed by atoms with Gasteiger partial charge in [0.15, 0.2) is 27.8 Å². The van der Waals surface area contributed by atoms with Crippen molar-refractivity contribution < 1.29 is 42.1 Å². The van der Waals surface area contributed by atoms with Crippen molar-refractivity contribution >= 4 is 67.6 Å². The fourth-order valence-electron chi connectivity index (χ4n) is 7.70. The predicted octanol–water partition coefficient (Wildman–Crippen LogP) is 8.46. The third-order valence-corrected chi connectivity index (χ3v) is 14.8. The summed E-state index contributed by atoms with van der Waals surface area (Å²) in [6.45, 7) is 3.74. The highest BCUT2D eigenvalue weighted by atomic mass is 35.5. The van der Waals surface area contributed by atoms with Gasteiger partial charge in [0.2, 0.25) is 5.91 Å². The Kier molecular flexibility index (Phi) is 14.0. The second-order valence-electron chi connectivity index (χ2n) is 15.7. The van der Waals surface area contributed by atoms with E-state index >= 15 is 0 Å². The number of aromatic nitrogens is 1. The lowest BCUT2D eigenvalue weighted by Crippen LogP contribution is -2.55. The Balaban J connectivity index is 1.03. The molecule has 67 heavy (non-hydrogen) atoms. The molecule has 0 spiro atoms. The second kappa shape index (κ2) is 20.0. The molecule has 3 amide bonds. The van der Waals surface area contributed by atoms with Gasteiger partial charge in [-0.15, -0.1) is 11.3 Å². The third-order valence-electron chi connectivity index (χ3n) is 11.2. The summed E-state index contributed by atoms with van der Waals surface area (Å²) >= 11 is 13.1. The van der Waals surface area contributed by atoms with Gasteiger partial charge in [0.25, 0.3) is 10.0 Å². The monoisotopic (exact) mass is 980 g/mol. The van der Waals surface area contributed by atoms with Gasteiger partial charge in [-0.3, -0.25) is 10.1 Å². The standard InChI is InChI=1S/C48H42Cl2N6O9S2/c1-3-52-47(60)55-48-54-45(27(2)66-48)67(61,62)56-24-35-22-42-41(64-26-43(65-42)33-13-15-36(16-14-33)63-25-30-8-17-37(49)38(50)18-30)21-34(35)20-40(56)44(57)53-39(46(58)59)19-28-4-9-31(10-5-28)32-11-6-29(23-51)7-12-32/h4-18,21-22,39-40,43H,3,19-20,24-26H2,1-2H3,(H,53,57)(H,58,59)(H2,52,54,55,60)/t39?,40-,43+/m0/s1. The molecule has 0 aliphatic carbocycles. The van der Waals surface area contributed by atoms with Crippen molar-refractivity contribution in [3.05, 3.63) is 151 Å². The van der Waals surface area contributed by atoms with E-state index in [0.29, 0.717) is 56.1 Å². The van der Waals surface area contributed by atoms with Crippen molar-refractivity contribution in [3.8, 4) is 34.4 Å². The Bertz CT molecular complexity index is 3000. The minimum Gasteiger partial charge on any atom is -0.489 e. The van der Waals surface area contributed by atoms with Gasteiger partial charge in [-0.05, 0) is 108 Å². The van der Waals surface area contributed by atoms with Crippen LogP contribution in [-0.2, 0) is 45.6 Å². The van der Waals surface area contributed by atoms with Crippen molar-refractivity contribution in [3.63, 3.8) is 0 Å². The van der Waals surface area contributed by atoms with Gasteiger partial charge in [-0.2, -0.15) is 9.57 Å². The van der Waals surface area contributed by atoms with Crippen LogP contribution in [-0.4, -0.2) is 66.0 Å². The lowest BCUT2D eigenvalue weighted by molar-refractivity contribution is -0.142. The molecule has 3 atom stereocenters. The van der Waals surface area contributed by atoms with Crippen LogP contribution in [0.1, 0.15) is 51.3 Å². The number of sulfonamides is 1. The molecule has 0 saturated heterocycles. The second-order valence-corrected chi connectivity index (χ2v) is 19.5. The summed E-state index contributed by atoms with van der Waals surface area (Å²) in [7, 11) is -4.57. The lowest BCUT2D eigenvalue weighted by Gasteiger charge is -2.36. The number of carboxylic acid groups (broad SMARTS) is 1. The van der Waals surface area contributed by atoms with E-state index in [0.717, 1.165) is 37.9 Å². The number of carboxylic acids is 1. The van der Waals surface area contributed by atoms with Crippen molar-refractivity contribution in [1.29, 1.82) is 5.26 Å². The first-order chi connectivity index (χ1) is 32.2. The Morgan fingerprint density at radius 1 is 0.940 bits per heavy atom. The van der Waals surface area contributed by atoms with Crippen LogP contribution in [0.5, 0.6) is 17.2 Å². The van der Waals surface area contributed by atoms with E-state index in [4.69, 9.17) is 42.7 Å². The molecule has 1 unspecified atom stereocenters. The topological polar surface area (TPSA) is 209 Å². The average Bonchev–Trinajstić information content (AvgIpc) is 3.70. The summed E-state index contributed by atoms with van der Waals surface area (Å²) < 4.78 is 49.0. The van der Waals surface area contributed by atoms with Gasteiger partial charge in [-0.25, -0.2) is 23.0 Å². The number of nitrogens with zero attached hydrogens (tertiary/aromatic N) is 3. The Morgan fingerprint density at radius 3 is 2.30 bits per heavy atom. The molecule has 0 saturated carbocycles. The zero-order chi connectivity index (χ0) is 47.4. The molecule has 15 nitrogen and oxygen atoms in total. The van der Waals surface area contributed by atoms with E-state index < -0.39 is 46.1 Å². The maximum Gasteiger partial charge on any atom is 0.326 e. The summed E-state index contributed by atoms with van der Waals surface area (Å²) in [6, 6.07) is 28.9. The molecule has 6 aromatic rings. The SMILES string of the molecule is CCNC(=O)Nc1nc(S(=O)(=O)N2Cc3cc4c(cc3C[C@H]2C(=O)NC(Cc2ccc(-c3ccc(C#N)cc3)cc2)C(=O)O)OC[C@H](c2ccc(OCc3ccc(Cl)c(Cl)c3)cc2)O4)c(C)s1. The smallest absolute Gasteiger partial charge is 0.326 e. The number of nitrogens with one attached hydrogen (secondary N) is 3. The van der Waals surface area contributed by atoms with Crippen LogP contribution >= 0.6 is 34.5 Å². The van der Waals surface area contributed by atoms with Gasteiger partial charge < -0.3 is 30.0 Å². The highest BCUT2D eigenvalue weighted by Crippen LogP contribution is 2.42. The van der Waals surface area contributed by atoms with Crippen molar-refractivity contribution in [2.24, 2.45) is 0 Å². The molecule has 8 rings (SSSR count). The van der Waals surface area contributed by atoms with Crippen LogP contribution < -0.4 is 30.2 Å². The molecule has 0 fully saturated rings. The zero-order valence-electron chi connectivity index (χ0n) is 35.9. The highest BCUT2D eigenvalue weighted by Gasteiger charge is 2.43. The Hall–Kier alpha value is -6.68. The zero-order valence-corrected chi connectivity index (χ0v) is 39.1. The molecule has 0 radical (unpaired) electrons. The third kappa shape index (κ3) is 10.6. The first-order valence-electron chi connectivity index (χ1n) is 21.0. The van der Waals surface area contributed by atoms with Crippen LogP contribution in [0.3, 0.4) is 0 Å². The number of benzene rings is 5. The van der Waals surface area contributed by atoms with E-state index in [1.54, 1.807) is 62.4 Å². The van der Waals surface area contributed by atoms with E-state index in [9.17, 15) is 27.9 Å². The maximum absolute atomic E-state index is 14.7. The summed E-state index contributed by atoms with van der Waals surface area (Å²) in [5.74, 6) is -0.761. The molecule has 4 N–H and O–H groups in total. The summed E-state index contributed by atoms with van der Waals surface area (Å²) in [6.07, 6.45) is -0.757. The number of halogens is 2. The minimum atomic E-state index is -4.57. The molecule has 2 aliphatic rings. The number of hydrogen-bond acceptors (Lipinski definition) is 11. The number of urea groups is 1. The average molecular weight is 982 g/mol. The van der Waals surface area contributed by atoms with E-state index in [-0.39, 0.29) is 47.6 Å². The molecule has 344 valence electrons. The summed E-state index contributed by atoms with van der Waals surface area (Å²) in [5.41, 5.74) is 5.64. The number of hydrogen-bond donors (Lipinski definition) is 4. The fraction of sp³-hybridized carbons (Fsp3) is 0.229. The summed E-state index contributed by atoms with van der Waals surface area (Å²) in [4.78, 5) is 44.0. The number of anilines is 1. The van der Waals surface area contributed by atoms with Crippen LogP contribution in [0.15, 0.2) is 108 Å². The molecule has 19 heteroatoms. The highest BCUT2D eigenvalue weighted by molar-refractivity contribution is 7.89. The number of thiazole rings is 1. The van der Waals surface area contributed by atoms with E-state index in [2.05, 4.69) is 27.0 Å². The number of amides is 3. The number of rotatable bonds is 14. The fourth-order valence-corrected chi connectivity index (χ4v) is 10.8. The maximum atomic E-state index is 14.7. The van der Waals surface area contributed by atoms with E-state index in [1.165, 1.54) is 0 Å². The lowest BCUT2D eigenvalue weighted by atomic mass is 9.94. The molecular formula is C48H42Cl2N6O9S2. The first kappa shape index (κ1) is 46.8. The normalized spacial score (nSPS) is 15.9. The van der Waals surface area contributed by atoms with Gasteiger partial charge in [0.05, 0.1) is 21.7 Å². The Morgan fingerprint density at radius 2 is 1.63 bits per heavy atom. The molecule has 5 aromatic carbocycles. The number of fused-ring (bicyclic) bond motifs is 2. The Labute approximate surface area is 400 Å². The van der Waals surface area contributed by atoms with Gasteiger partial charge in [0, 0.05) is 24.4 Å². The first-order valence-corrected chi connectivity index (χ1v) is 24.0. The van der Waals surface area contributed by atoms with Gasteiger partial charge >= 0.3 is 12.0 Å². The predicted molar refractivity (Wildman–Crippen MR) is 252 cm³/mol. The van der Waals surface area contributed by atoms with Crippen LogP contribution in [0, 0.1) is 18.3 Å². The number of carbonyl (C=O) groups excluding carboxylic acids is 2. The van der Waals surface area contributed by atoms with Gasteiger partial charge in [-0.1, -0.05) is 77.8 Å². The molecule has 1 aromatic heterocycles.